The van der Waals surface area contributed by atoms with Crippen LogP contribution in [0.3, 0.4) is 0 Å². The van der Waals surface area contributed by atoms with Crippen LogP contribution in [-0.2, 0) is 0 Å². The van der Waals surface area contributed by atoms with Gasteiger partial charge in [0.25, 0.3) is 5.91 Å². The summed E-state index contributed by atoms with van der Waals surface area (Å²) in [6.07, 6.45) is 1.40. The monoisotopic (exact) mass is 512 g/mol. The Morgan fingerprint density at radius 2 is 1.86 bits per heavy atom. The van der Waals surface area contributed by atoms with Crippen molar-refractivity contribution in [3.05, 3.63) is 92.4 Å². The molecule has 0 spiro atoms. The van der Waals surface area contributed by atoms with E-state index in [0.717, 1.165) is 6.07 Å². The minimum Gasteiger partial charge on any atom is -0.305 e. The Morgan fingerprint density at radius 1 is 1.09 bits per heavy atom. The van der Waals surface area contributed by atoms with Gasteiger partial charge in [-0.15, -0.1) is 0 Å². The first kappa shape index (κ1) is 22.5. The number of anilines is 1. The molecule has 9 nitrogen and oxygen atoms in total. The predicted molar refractivity (Wildman–Crippen MR) is 126 cm³/mol. The highest BCUT2D eigenvalue weighted by atomic mass is 35.5. The van der Waals surface area contributed by atoms with E-state index in [0.29, 0.717) is 22.4 Å². The molecule has 5 aromatic rings. The number of carbonyl (C=O) groups excluding carboxylic acids is 1. The molecular formula is C22H11ClF2N6O3S. The van der Waals surface area contributed by atoms with E-state index in [9.17, 15) is 23.7 Å². The predicted octanol–water partition coefficient (Wildman–Crippen LogP) is 5.64. The molecule has 13 heteroatoms. The van der Waals surface area contributed by atoms with Gasteiger partial charge >= 0.3 is 5.00 Å². The molecule has 0 radical (unpaired) electrons. The molecule has 5 rings (SSSR count). The van der Waals surface area contributed by atoms with Crippen molar-refractivity contribution in [1.82, 2.24) is 19.7 Å². The summed E-state index contributed by atoms with van der Waals surface area (Å²) in [4.78, 5) is 32.0. The number of amides is 1. The quantitative estimate of drug-likeness (QED) is 0.241. The van der Waals surface area contributed by atoms with Gasteiger partial charge in [-0.1, -0.05) is 22.9 Å². The van der Waals surface area contributed by atoms with E-state index in [4.69, 9.17) is 11.6 Å². The minimum atomic E-state index is -0.684. The van der Waals surface area contributed by atoms with Crippen molar-refractivity contribution in [2.24, 2.45) is 0 Å². The van der Waals surface area contributed by atoms with Crippen LogP contribution in [0.2, 0.25) is 5.02 Å². The summed E-state index contributed by atoms with van der Waals surface area (Å²) in [6.45, 7) is 0. The molecule has 174 valence electrons. The SMILES string of the molecule is O=C(Nc1nc(-c2ccc(Cl)cc2F)nc2c1cnn2-c1ccc(F)cc1)c1ccc([N+](=O)[O-])s1. The number of carbonyl (C=O) groups is 1. The van der Waals surface area contributed by atoms with Gasteiger partial charge in [0, 0.05) is 11.1 Å². The lowest BCUT2D eigenvalue weighted by Crippen LogP contribution is -2.13. The Labute approximate surface area is 203 Å². The van der Waals surface area contributed by atoms with Crippen LogP contribution in [0.25, 0.3) is 28.1 Å². The van der Waals surface area contributed by atoms with Gasteiger partial charge in [0.15, 0.2) is 11.5 Å². The number of nitro groups is 1. The van der Waals surface area contributed by atoms with Crippen LogP contribution in [0.5, 0.6) is 0 Å². The number of thiophene rings is 1. The fourth-order valence-corrected chi connectivity index (χ4v) is 4.16. The van der Waals surface area contributed by atoms with Gasteiger partial charge < -0.3 is 5.32 Å². The Kier molecular flexibility index (Phi) is 5.67. The van der Waals surface area contributed by atoms with Crippen molar-refractivity contribution < 1.29 is 18.5 Å². The zero-order chi connectivity index (χ0) is 24.7. The van der Waals surface area contributed by atoms with Crippen molar-refractivity contribution in [3.63, 3.8) is 0 Å². The summed E-state index contributed by atoms with van der Waals surface area (Å²) in [5.74, 6) is -1.84. The van der Waals surface area contributed by atoms with Crippen LogP contribution in [-0.4, -0.2) is 30.6 Å². The Bertz CT molecular complexity index is 1620. The molecule has 2 aromatic carbocycles. The van der Waals surface area contributed by atoms with Crippen molar-refractivity contribution in [2.75, 3.05) is 5.32 Å². The Morgan fingerprint density at radius 3 is 2.54 bits per heavy atom. The summed E-state index contributed by atoms with van der Waals surface area (Å²) in [7, 11) is 0. The van der Waals surface area contributed by atoms with Crippen LogP contribution in [0.1, 0.15) is 9.67 Å². The number of nitrogens with one attached hydrogen (secondary N) is 1. The minimum absolute atomic E-state index is 0.00812. The number of fused-ring (bicyclic) bond motifs is 1. The number of hydrogen-bond donors (Lipinski definition) is 1. The van der Waals surface area contributed by atoms with E-state index < -0.39 is 22.5 Å². The summed E-state index contributed by atoms with van der Waals surface area (Å²) in [5, 5.41) is 18.1. The summed E-state index contributed by atoms with van der Waals surface area (Å²) >= 11 is 6.56. The lowest BCUT2D eigenvalue weighted by Gasteiger charge is -2.10. The molecule has 0 aliphatic carbocycles. The van der Waals surface area contributed by atoms with E-state index in [2.05, 4.69) is 20.4 Å². The van der Waals surface area contributed by atoms with Crippen molar-refractivity contribution in [2.45, 2.75) is 0 Å². The number of rotatable bonds is 5. The lowest BCUT2D eigenvalue weighted by atomic mass is 10.2. The highest BCUT2D eigenvalue weighted by molar-refractivity contribution is 7.17. The van der Waals surface area contributed by atoms with E-state index in [1.165, 1.54) is 59.4 Å². The molecule has 35 heavy (non-hydrogen) atoms. The van der Waals surface area contributed by atoms with E-state index >= 15 is 0 Å². The molecule has 0 bridgehead atoms. The molecule has 0 fully saturated rings. The molecule has 3 heterocycles. The first-order valence-corrected chi connectivity index (χ1v) is 11.0. The molecule has 1 N–H and O–H groups in total. The maximum atomic E-state index is 14.7. The smallest absolute Gasteiger partial charge is 0.305 e. The second-order valence-electron chi connectivity index (χ2n) is 7.14. The number of nitrogens with zero attached hydrogens (tertiary/aromatic N) is 5. The van der Waals surface area contributed by atoms with Gasteiger partial charge in [0.05, 0.1) is 32.6 Å². The molecule has 0 aliphatic heterocycles. The topological polar surface area (TPSA) is 116 Å². The molecule has 0 aliphatic rings. The Balaban J connectivity index is 1.65. The second kappa shape index (κ2) is 8.81. The summed E-state index contributed by atoms with van der Waals surface area (Å²) < 4.78 is 29.5. The summed E-state index contributed by atoms with van der Waals surface area (Å²) in [6, 6.07) is 12.0. The fourth-order valence-electron chi connectivity index (χ4n) is 3.28. The Hall–Kier alpha value is -4.29. The second-order valence-corrected chi connectivity index (χ2v) is 8.64. The first-order chi connectivity index (χ1) is 16.8. The fraction of sp³-hybridized carbons (Fsp3) is 0. The largest absolute Gasteiger partial charge is 0.324 e. The van der Waals surface area contributed by atoms with E-state index in [1.807, 2.05) is 0 Å². The number of hydrogen-bond acceptors (Lipinski definition) is 7. The highest BCUT2D eigenvalue weighted by Crippen LogP contribution is 2.30. The third-order valence-corrected chi connectivity index (χ3v) is 6.17. The van der Waals surface area contributed by atoms with Gasteiger partial charge in [-0.3, -0.25) is 14.9 Å². The molecule has 3 aromatic heterocycles. The molecule has 1 amide bonds. The average Bonchev–Trinajstić information content (AvgIpc) is 3.48. The molecule has 0 saturated heterocycles. The average molecular weight is 513 g/mol. The van der Waals surface area contributed by atoms with Gasteiger partial charge in [-0.05, 0) is 48.5 Å². The van der Waals surface area contributed by atoms with Crippen LogP contribution in [0.15, 0.2) is 60.8 Å². The first-order valence-electron chi connectivity index (χ1n) is 9.83. The zero-order valence-electron chi connectivity index (χ0n) is 17.3. The number of benzene rings is 2. The highest BCUT2D eigenvalue weighted by Gasteiger charge is 2.21. The standard InChI is InChI=1S/C22H11ClF2N6O3S/c23-11-1-6-14(16(25)9-11)19-27-20(29-22(32)17-7-8-18(35-17)31(33)34)15-10-26-30(21(15)28-19)13-4-2-12(24)3-5-13/h1-10H,(H,27,28,29,32). The number of halogens is 3. The van der Waals surface area contributed by atoms with Gasteiger partial charge in [0.1, 0.15) is 17.5 Å². The van der Waals surface area contributed by atoms with Crippen LogP contribution >= 0.6 is 22.9 Å². The van der Waals surface area contributed by atoms with Gasteiger partial charge in [0.2, 0.25) is 0 Å². The molecular weight excluding hydrogens is 502 g/mol. The maximum absolute atomic E-state index is 14.7. The zero-order valence-corrected chi connectivity index (χ0v) is 18.8. The lowest BCUT2D eigenvalue weighted by molar-refractivity contribution is -0.380. The van der Waals surface area contributed by atoms with Crippen molar-refractivity contribution >= 4 is 50.7 Å². The molecule has 0 atom stereocenters. The maximum Gasteiger partial charge on any atom is 0.324 e. The van der Waals surface area contributed by atoms with Crippen molar-refractivity contribution in [3.8, 4) is 17.1 Å². The molecule has 0 saturated carbocycles. The van der Waals surface area contributed by atoms with E-state index in [1.54, 1.807) is 0 Å². The van der Waals surface area contributed by atoms with Crippen LogP contribution in [0, 0.1) is 21.7 Å². The van der Waals surface area contributed by atoms with Crippen LogP contribution < -0.4 is 5.32 Å². The molecule has 0 unspecified atom stereocenters. The van der Waals surface area contributed by atoms with Gasteiger partial charge in [-0.25, -0.2) is 23.4 Å². The van der Waals surface area contributed by atoms with Crippen LogP contribution in [0.4, 0.5) is 19.6 Å². The normalized spacial score (nSPS) is 11.1. The third-order valence-electron chi connectivity index (χ3n) is 4.90. The van der Waals surface area contributed by atoms with Crippen molar-refractivity contribution in [1.29, 1.82) is 0 Å². The van der Waals surface area contributed by atoms with E-state index in [-0.39, 0.29) is 37.8 Å². The summed E-state index contributed by atoms with van der Waals surface area (Å²) in [5.41, 5.74) is 0.697. The number of aromatic nitrogens is 4. The van der Waals surface area contributed by atoms with Gasteiger partial charge in [-0.2, -0.15) is 5.10 Å². The third kappa shape index (κ3) is 4.32.